The van der Waals surface area contributed by atoms with Gasteiger partial charge < -0.3 is 14.8 Å². The number of anilines is 1. The summed E-state index contributed by atoms with van der Waals surface area (Å²) >= 11 is 1.53. The number of hydrogen-bond donors (Lipinski definition) is 1. The van der Waals surface area contributed by atoms with Crippen molar-refractivity contribution in [1.82, 2.24) is 14.8 Å². The van der Waals surface area contributed by atoms with Gasteiger partial charge in [-0.2, -0.15) is 4.98 Å². The van der Waals surface area contributed by atoms with Gasteiger partial charge in [0.1, 0.15) is 11.6 Å². The molecule has 7 nitrogen and oxygen atoms in total. The first-order valence-corrected chi connectivity index (χ1v) is 12.4. The van der Waals surface area contributed by atoms with Crippen molar-refractivity contribution in [3.05, 3.63) is 107 Å². The number of rotatable bonds is 9. The van der Waals surface area contributed by atoms with Gasteiger partial charge in [-0.3, -0.25) is 4.79 Å². The molecule has 2 aromatic heterocycles. The lowest BCUT2D eigenvalue weighted by atomic mass is 10.1. The molecule has 0 atom stereocenters. The first kappa shape index (κ1) is 24.2. The molecule has 1 amide bonds. The van der Waals surface area contributed by atoms with Gasteiger partial charge in [0, 0.05) is 12.1 Å². The molecule has 5 aromatic rings. The zero-order valence-electron chi connectivity index (χ0n) is 19.9. The Bertz CT molecular complexity index is 1500. The first-order chi connectivity index (χ1) is 18.1. The van der Waals surface area contributed by atoms with Crippen molar-refractivity contribution in [2.75, 3.05) is 19.0 Å². The molecule has 0 saturated carbocycles. The van der Waals surface area contributed by atoms with Crippen LogP contribution in [0, 0.1) is 5.82 Å². The second-order valence-corrected chi connectivity index (χ2v) is 8.99. The number of carbonyl (C=O) groups is 1. The molecule has 0 fully saturated rings. The van der Waals surface area contributed by atoms with Crippen LogP contribution in [0.25, 0.3) is 16.4 Å². The fraction of sp³-hybridized carbons (Fsp3) is 0.107. The van der Waals surface area contributed by atoms with E-state index in [-0.39, 0.29) is 11.6 Å². The van der Waals surface area contributed by atoms with E-state index in [1.54, 1.807) is 42.1 Å². The second-order valence-electron chi connectivity index (χ2n) is 8.04. The summed E-state index contributed by atoms with van der Waals surface area (Å²) in [6, 6.07) is 24.9. The van der Waals surface area contributed by atoms with Crippen molar-refractivity contribution >= 4 is 22.9 Å². The Labute approximate surface area is 217 Å². The van der Waals surface area contributed by atoms with Gasteiger partial charge in [0.2, 0.25) is 0 Å². The van der Waals surface area contributed by atoms with Gasteiger partial charge in [0.25, 0.3) is 5.91 Å². The minimum atomic E-state index is -0.580. The standard InChI is InChI=1S/C28H23FN4O3S/c1-35-22-13-11-19(12-14-22)15-16-36-28-31-26(25-10-5-17-37-25)33(32-28)21-7-4-6-20(18-21)30-27(34)23-8-2-3-9-24(23)29/h2-14,17-18H,15-16H2,1H3,(H,30,34). The summed E-state index contributed by atoms with van der Waals surface area (Å²) in [6.45, 7) is 0.402. The topological polar surface area (TPSA) is 78.3 Å². The maximum atomic E-state index is 14.0. The summed E-state index contributed by atoms with van der Waals surface area (Å²) in [4.78, 5) is 18.1. The van der Waals surface area contributed by atoms with E-state index in [0.717, 1.165) is 16.2 Å². The molecule has 5 rings (SSSR count). The van der Waals surface area contributed by atoms with Crippen LogP contribution in [-0.2, 0) is 6.42 Å². The van der Waals surface area contributed by atoms with E-state index < -0.39 is 11.7 Å². The average molecular weight is 515 g/mol. The van der Waals surface area contributed by atoms with Crippen molar-refractivity contribution in [1.29, 1.82) is 0 Å². The summed E-state index contributed by atoms with van der Waals surface area (Å²) in [6.07, 6.45) is 0.685. The van der Waals surface area contributed by atoms with E-state index in [1.807, 2.05) is 47.8 Å². The first-order valence-electron chi connectivity index (χ1n) is 11.5. The minimum Gasteiger partial charge on any atom is -0.497 e. The Morgan fingerprint density at radius 2 is 1.86 bits per heavy atom. The molecule has 0 bridgehead atoms. The molecule has 0 spiro atoms. The Hall–Kier alpha value is -4.50. The molecule has 2 heterocycles. The van der Waals surface area contributed by atoms with Crippen molar-refractivity contribution in [2.24, 2.45) is 0 Å². The van der Waals surface area contributed by atoms with Crippen molar-refractivity contribution in [3.63, 3.8) is 0 Å². The van der Waals surface area contributed by atoms with Crippen LogP contribution in [0.1, 0.15) is 15.9 Å². The normalized spacial score (nSPS) is 10.8. The highest BCUT2D eigenvalue weighted by atomic mass is 32.1. The number of methoxy groups -OCH3 is 1. The fourth-order valence-electron chi connectivity index (χ4n) is 3.71. The van der Waals surface area contributed by atoms with Gasteiger partial charge in [-0.05, 0) is 59.5 Å². The van der Waals surface area contributed by atoms with Crippen LogP contribution < -0.4 is 14.8 Å². The Balaban J connectivity index is 1.36. The van der Waals surface area contributed by atoms with Crippen LogP contribution in [0.2, 0.25) is 0 Å². The average Bonchev–Trinajstić information content (AvgIpc) is 3.60. The molecule has 0 aliphatic carbocycles. The lowest BCUT2D eigenvalue weighted by molar-refractivity contribution is 0.102. The van der Waals surface area contributed by atoms with Gasteiger partial charge in [-0.25, -0.2) is 9.07 Å². The highest BCUT2D eigenvalue weighted by Crippen LogP contribution is 2.28. The Kier molecular flexibility index (Phi) is 7.23. The lowest BCUT2D eigenvalue weighted by Crippen LogP contribution is -2.14. The molecular formula is C28H23FN4O3S. The van der Waals surface area contributed by atoms with Crippen LogP contribution in [-0.4, -0.2) is 34.4 Å². The number of halogens is 1. The maximum absolute atomic E-state index is 14.0. The number of benzene rings is 3. The molecule has 1 N–H and O–H groups in total. The Morgan fingerprint density at radius 3 is 2.62 bits per heavy atom. The summed E-state index contributed by atoms with van der Waals surface area (Å²) in [5.41, 5.74) is 2.25. The molecule has 3 aromatic carbocycles. The molecule has 0 aliphatic heterocycles. The zero-order valence-corrected chi connectivity index (χ0v) is 20.7. The summed E-state index contributed by atoms with van der Waals surface area (Å²) < 4.78 is 26.8. The van der Waals surface area contributed by atoms with E-state index in [2.05, 4.69) is 15.4 Å². The van der Waals surface area contributed by atoms with Gasteiger partial charge in [-0.15, -0.1) is 16.4 Å². The predicted molar refractivity (Wildman–Crippen MR) is 141 cm³/mol. The zero-order chi connectivity index (χ0) is 25.6. The highest BCUT2D eigenvalue weighted by molar-refractivity contribution is 7.13. The summed E-state index contributed by atoms with van der Waals surface area (Å²) in [7, 11) is 1.64. The SMILES string of the molecule is COc1ccc(CCOc2nc(-c3cccs3)n(-c3cccc(NC(=O)c4ccccc4F)c3)n2)cc1. The van der Waals surface area contributed by atoms with Crippen molar-refractivity contribution in [2.45, 2.75) is 6.42 Å². The van der Waals surface area contributed by atoms with Gasteiger partial charge in [0.05, 0.1) is 29.8 Å². The van der Waals surface area contributed by atoms with Crippen molar-refractivity contribution in [3.8, 4) is 28.1 Å². The molecule has 0 unspecified atom stereocenters. The molecule has 37 heavy (non-hydrogen) atoms. The van der Waals surface area contributed by atoms with E-state index in [9.17, 15) is 9.18 Å². The second kappa shape index (κ2) is 11.0. The molecule has 9 heteroatoms. The number of hydrogen-bond acceptors (Lipinski definition) is 6. The van der Waals surface area contributed by atoms with Crippen LogP contribution in [0.5, 0.6) is 11.8 Å². The largest absolute Gasteiger partial charge is 0.497 e. The fourth-order valence-corrected chi connectivity index (χ4v) is 4.41. The number of aromatic nitrogens is 3. The number of amides is 1. The number of thiophene rings is 1. The highest BCUT2D eigenvalue weighted by Gasteiger charge is 2.17. The summed E-state index contributed by atoms with van der Waals surface area (Å²) in [5, 5.41) is 9.30. The van der Waals surface area contributed by atoms with E-state index in [4.69, 9.17) is 9.47 Å². The molecule has 0 radical (unpaired) electrons. The molecule has 0 saturated heterocycles. The third-order valence-corrected chi connectivity index (χ3v) is 6.44. The third-order valence-electron chi connectivity index (χ3n) is 5.58. The van der Waals surface area contributed by atoms with Crippen LogP contribution in [0.4, 0.5) is 10.1 Å². The van der Waals surface area contributed by atoms with Gasteiger partial charge in [0.15, 0.2) is 5.82 Å². The maximum Gasteiger partial charge on any atom is 0.336 e. The quantitative estimate of drug-likeness (QED) is 0.260. The number of nitrogens with one attached hydrogen (secondary N) is 1. The molecule has 186 valence electrons. The minimum absolute atomic E-state index is 0.0273. The number of carbonyl (C=O) groups excluding carboxylic acids is 1. The Morgan fingerprint density at radius 1 is 1.03 bits per heavy atom. The summed E-state index contributed by atoms with van der Waals surface area (Å²) in [5.74, 6) is 0.309. The van der Waals surface area contributed by atoms with Crippen molar-refractivity contribution < 1.29 is 18.7 Å². The van der Waals surface area contributed by atoms with Crippen LogP contribution >= 0.6 is 11.3 Å². The third kappa shape index (κ3) is 5.68. The van der Waals surface area contributed by atoms with E-state index in [1.165, 1.54) is 23.5 Å². The smallest absolute Gasteiger partial charge is 0.336 e. The van der Waals surface area contributed by atoms with Crippen LogP contribution in [0.3, 0.4) is 0 Å². The number of ether oxygens (including phenoxy) is 2. The van der Waals surface area contributed by atoms with Gasteiger partial charge >= 0.3 is 6.01 Å². The lowest BCUT2D eigenvalue weighted by Gasteiger charge is -2.09. The van der Waals surface area contributed by atoms with Gasteiger partial charge in [-0.1, -0.05) is 36.4 Å². The van der Waals surface area contributed by atoms with E-state index >= 15 is 0 Å². The van der Waals surface area contributed by atoms with E-state index in [0.29, 0.717) is 30.2 Å². The monoisotopic (exact) mass is 514 g/mol. The molecular weight excluding hydrogens is 491 g/mol. The van der Waals surface area contributed by atoms with Crippen LogP contribution in [0.15, 0.2) is 90.3 Å². The molecule has 0 aliphatic rings. The predicted octanol–water partition coefficient (Wildman–Crippen LogP) is 6.02. The number of nitrogens with zero attached hydrogens (tertiary/aromatic N) is 3.